The lowest BCUT2D eigenvalue weighted by Crippen LogP contribution is -2.23. The molecule has 1 aromatic carbocycles. The number of rotatable bonds is 3. The summed E-state index contributed by atoms with van der Waals surface area (Å²) in [6.45, 7) is 4.60. The summed E-state index contributed by atoms with van der Waals surface area (Å²) < 4.78 is 0.961. The SMILES string of the molecule is Cc1cc(N(C)CC(C)C#N)c(Br)cc1N. The van der Waals surface area contributed by atoms with Crippen molar-refractivity contribution in [1.29, 1.82) is 5.26 Å². The van der Waals surface area contributed by atoms with Crippen molar-refractivity contribution in [2.45, 2.75) is 13.8 Å². The van der Waals surface area contributed by atoms with Gasteiger partial charge in [-0.3, -0.25) is 0 Å². The van der Waals surface area contributed by atoms with Crippen LogP contribution in [0.3, 0.4) is 0 Å². The highest BCUT2D eigenvalue weighted by molar-refractivity contribution is 9.10. The molecule has 0 spiro atoms. The highest BCUT2D eigenvalue weighted by Gasteiger charge is 2.10. The molecule has 0 amide bonds. The molecule has 1 rings (SSSR count). The molecular formula is C12H16BrN3. The second kappa shape index (κ2) is 5.22. The van der Waals surface area contributed by atoms with Gasteiger partial charge in [-0.1, -0.05) is 0 Å². The van der Waals surface area contributed by atoms with E-state index in [1.807, 2.05) is 33.0 Å². The number of hydrogen-bond donors (Lipinski definition) is 1. The molecule has 3 nitrogen and oxygen atoms in total. The van der Waals surface area contributed by atoms with Crippen molar-refractivity contribution < 1.29 is 0 Å². The first kappa shape index (κ1) is 12.9. The molecule has 1 aromatic rings. The summed E-state index contributed by atoms with van der Waals surface area (Å²) in [5, 5.41) is 8.79. The van der Waals surface area contributed by atoms with Gasteiger partial charge in [0.25, 0.3) is 0 Å². The van der Waals surface area contributed by atoms with Crippen LogP contribution in [-0.2, 0) is 0 Å². The zero-order chi connectivity index (χ0) is 12.3. The first-order valence-electron chi connectivity index (χ1n) is 5.12. The summed E-state index contributed by atoms with van der Waals surface area (Å²) in [6.07, 6.45) is 0. The summed E-state index contributed by atoms with van der Waals surface area (Å²) in [5.74, 6) is 0.00904. The van der Waals surface area contributed by atoms with Crippen molar-refractivity contribution in [3.8, 4) is 6.07 Å². The van der Waals surface area contributed by atoms with E-state index in [0.717, 1.165) is 21.4 Å². The van der Waals surface area contributed by atoms with Gasteiger partial charge in [0.1, 0.15) is 0 Å². The molecule has 0 fully saturated rings. The van der Waals surface area contributed by atoms with Crippen LogP contribution in [0.1, 0.15) is 12.5 Å². The van der Waals surface area contributed by atoms with Crippen molar-refractivity contribution in [3.63, 3.8) is 0 Å². The van der Waals surface area contributed by atoms with E-state index in [4.69, 9.17) is 11.0 Å². The van der Waals surface area contributed by atoms with E-state index in [9.17, 15) is 0 Å². The summed E-state index contributed by atoms with van der Waals surface area (Å²) in [6, 6.07) is 6.16. The monoisotopic (exact) mass is 281 g/mol. The smallest absolute Gasteiger partial charge is 0.0671 e. The number of nitrogens with two attached hydrogens (primary N) is 1. The Kier molecular flexibility index (Phi) is 4.19. The Balaban J connectivity index is 2.96. The number of nitriles is 1. The minimum absolute atomic E-state index is 0.00904. The van der Waals surface area contributed by atoms with Crippen LogP contribution in [0.25, 0.3) is 0 Å². The quantitative estimate of drug-likeness (QED) is 0.867. The summed E-state index contributed by atoms with van der Waals surface area (Å²) in [5.41, 5.74) is 8.71. The van der Waals surface area contributed by atoms with Gasteiger partial charge in [0.05, 0.1) is 17.7 Å². The van der Waals surface area contributed by atoms with E-state index >= 15 is 0 Å². The predicted octanol–water partition coefficient (Wildman–Crippen LogP) is 2.94. The van der Waals surface area contributed by atoms with E-state index in [0.29, 0.717) is 6.54 Å². The Labute approximate surface area is 105 Å². The van der Waals surface area contributed by atoms with Crippen molar-refractivity contribution in [1.82, 2.24) is 0 Å². The summed E-state index contributed by atoms with van der Waals surface area (Å²) >= 11 is 3.49. The van der Waals surface area contributed by atoms with Gasteiger partial charge in [0.2, 0.25) is 0 Å². The maximum atomic E-state index is 8.79. The molecular weight excluding hydrogens is 266 g/mol. The van der Waals surface area contributed by atoms with Crippen LogP contribution in [0.2, 0.25) is 0 Å². The molecule has 4 heteroatoms. The topological polar surface area (TPSA) is 53.0 Å². The summed E-state index contributed by atoms with van der Waals surface area (Å²) in [7, 11) is 1.98. The van der Waals surface area contributed by atoms with Crippen LogP contribution in [0, 0.1) is 24.2 Å². The van der Waals surface area contributed by atoms with Gasteiger partial charge in [0.15, 0.2) is 0 Å². The Bertz CT molecular complexity index is 423. The molecule has 0 bridgehead atoms. The number of nitrogens with zero attached hydrogens (tertiary/aromatic N) is 2. The maximum absolute atomic E-state index is 8.79. The van der Waals surface area contributed by atoms with Gasteiger partial charge in [-0.25, -0.2) is 0 Å². The van der Waals surface area contributed by atoms with E-state index in [1.54, 1.807) is 0 Å². The largest absolute Gasteiger partial charge is 0.398 e. The molecule has 0 saturated carbocycles. The molecule has 1 unspecified atom stereocenters. The Morgan fingerprint density at radius 3 is 2.75 bits per heavy atom. The second-order valence-electron chi connectivity index (χ2n) is 4.07. The van der Waals surface area contributed by atoms with E-state index in [1.165, 1.54) is 0 Å². The van der Waals surface area contributed by atoms with Gasteiger partial charge in [-0.05, 0) is 47.5 Å². The van der Waals surface area contributed by atoms with Crippen molar-refractivity contribution in [2.24, 2.45) is 5.92 Å². The normalized spacial score (nSPS) is 11.9. The zero-order valence-corrected chi connectivity index (χ0v) is 11.4. The lowest BCUT2D eigenvalue weighted by Gasteiger charge is -2.22. The average molecular weight is 282 g/mol. The van der Waals surface area contributed by atoms with E-state index in [-0.39, 0.29) is 5.92 Å². The van der Waals surface area contributed by atoms with Crippen LogP contribution < -0.4 is 10.6 Å². The van der Waals surface area contributed by atoms with Gasteiger partial charge in [-0.2, -0.15) is 5.26 Å². The number of benzene rings is 1. The Morgan fingerprint density at radius 2 is 2.19 bits per heavy atom. The molecule has 16 heavy (non-hydrogen) atoms. The van der Waals surface area contributed by atoms with Gasteiger partial charge in [-0.15, -0.1) is 0 Å². The molecule has 86 valence electrons. The number of aryl methyl sites for hydroxylation is 1. The first-order valence-corrected chi connectivity index (χ1v) is 5.91. The molecule has 0 radical (unpaired) electrons. The number of anilines is 2. The van der Waals surface area contributed by atoms with Crippen LogP contribution in [0.4, 0.5) is 11.4 Å². The van der Waals surface area contributed by atoms with E-state index < -0.39 is 0 Å². The van der Waals surface area contributed by atoms with Crippen molar-refractivity contribution in [3.05, 3.63) is 22.2 Å². The fraction of sp³-hybridized carbons (Fsp3) is 0.417. The standard InChI is InChI=1S/C12H16BrN3/c1-8(6-14)7-16(3)12-4-9(2)11(15)5-10(12)13/h4-5,8H,7,15H2,1-3H3. The van der Waals surface area contributed by atoms with Crippen LogP contribution in [0.5, 0.6) is 0 Å². The predicted molar refractivity (Wildman–Crippen MR) is 71.3 cm³/mol. The van der Waals surface area contributed by atoms with Crippen LogP contribution in [0.15, 0.2) is 16.6 Å². The lowest BCUT2D eigenvalue weighted by atomic mass is 10.1. The number of hydrogen-bond acceptors (Lipinski definition) is 3. The second-order valence-corrected chi connectivity index (χ2v) is 4.93. The Morgan fingerprint density at radius 1 is 1.56 bits per heavy atom. The molecule has 1 atom stereocenters. The molecule has 0 heterocycles. The maximum Gasteiger partial charge on any atom is 0.0671 e. The average Bonchev–Trinajstić information content (AvgIpc) is 2.23. The molecule has 0 aromatic heterocycles. The fourth-order valence-corrected chi connectivity index (χ4v) is 2.19. The van der Waals surface area contributed by atoms with Crippen molar-refractivity contribution in [2.75, 3.05) is 24.2 Å². The van der Waals surface area contributed by atoms with Crippen molar-refractivity contribution >= 4 is 27.3 Å². The fourth-order valence-electron chi connectivity index (χ4n) is 1.52. The van der Waals surface area contributed by atoms with Gasteiger partial charge >= 0.3 is 0 Å². The third-order valence-electron chi connectivity index (χ3n) is 2.51. The summed E-state index contributed by atoms with van der Waals surface area (Å²) in [4.78, 5) is 2.06. The third-order valence-corrected chi connectivity index (χ3v) is 3.15. The molecule has 0 aliphatic carbocycles. The minimum atomic E-state index is 0.00904. The zero-order valence-electron chi connectivity index (χ0n) is 9.79. The third kappa shape index (κ3) is 2.89. The van der Waals surface area contributed by atoms with Crippen LogP contribution in [-0.4, -0.2) is 13.6 Å². The molecule has 0 aliphatic heterocycles. The van der Waals surface area contributed by atoms with Crippen LogP contribution >= 0.6 is 15.9 Å². The minimum Gasteiger partial charge on any atom is -0.398 e. The van der Waals surface area contributed by atoms with Gasteiger partial charge in [0, 0.05) is 23.8 Å². The first-order chi connectivity index (χ1) is 7.45. The highest BCUT2D eigenvalue weighted by atomic mass is 79.9. The Hall–Kier alpha value is -1.21. The molecule has 0 saturated heterocycles. The molecule has 0 aliphatic rings. The van der Waals surface area contributed by atoms with Gasteiger partial charge < -0.3 is 10.6 Å². The molecule has 2 N–H and O–H groups in total. The lowest BCUT2D eigenvalue weighted by molar-refractivity contribution is 0.715. The number of nitrogen functional groups attached to an aromatic ring is 1. The van der Waals surface area contributed by atoms with E-state index in [2.05, 4.69) is 26.9 Å². The highest BCUT2D eigenvalue weighted by Crippen LogP contribution is 2.30. The number of halogens is 1.